The number of nitrogens with one attached hydrogen (secondary N) is 1. The number of carboxylic acids is 1. The number of hydrogen-bond donors (Lipinski definition) is 2. The van der Waals surface area contributed by atoms with Gasteiger partial charge in [0.05, 0.1) is 5.56 Å². The molecular weight excluding hydrogens is 483 g/mol. The number of halogens is 1. The number of benzene rings is 4. The Labute approximate surface area is 220 Å². The van der Waals surface area contributed by atoms with Crippen LogP contribution < -0.4 is 10.1 Å². The average molecular weight is 513 g/mol. The number of ether oxygens (including phenoxy) is 1. The Morgan fingerprint density at radius 1 is 0.974 bits per heavy atom. The normalized spacial score (nSPS) is 17.9. The van der Waals surface area contributed by atoms with Crippen LogP contribution in [0.4, 0.5) is 9.18 Å². The van der Waals surface area contributed by atoms with Crippen molar-refractivity contribution < 1.29 is 23.8 Å². The van der Waals surface area contributed by atoms with Crippen LogP contribution in [0, 0.1) is 11.7 Å². The summed E-state index contributed by atoms with van der Waals surface area (Å²) in [4.78, 5) is 25.8. The van der Waals surface area contributed by atoms with Gasteiger partial charge >= 0.3 is 12.1 Å². The fraction of sp³-hybridized carbons (Fsp3) is 0.226. The van der Waals surface area contributed by atoms with Crippen LogP contribution in [0.2, 0.25) is 0 Å². The smallest absolute Gasteiger partial charge is 0.415 e. The Morgan fingerprint density at radius 3 is 2.42 bits per heavy atom. The van der Waals surface area contributed by atoms with E-state index in [9.17, 15) is 14.0 Å². The molecule has 4 aromatic carbocycles. The monoisotopic (exact) mass is 512 g/mol. The second kappa shape index (κ2) is 11.0. The minimum absolute atomic E-state index is 0.00440. The van der Waals surface area contributed by atoms with Gasteiger partial charge in [0.2, 0.25) is 0 Å². The summed E-state index contributed by atoms with van der Waals surface area (Å²) in [5.74, 6) is -0.973. The first-order chi connectivity index (χ1) is 18.4. The van der Waals surface area contributed by atoms with E-state index in [1.54, 1.807) is 17.0 Å². The first-order valence-electron chi connectivity index (χ1n) is 12.7. The topological polar surface area (TPSA) is 78.9 Å². The van der Waals surface area contributed by atoms with E-state index in [1.807, 2.05) is 12.1 Å². The lowest BCUT2D eigenvalue weighted by molar-refractivity contribution is 0.0697. The fourth-order valence-electron chi connectivity index (χ4n) is 5.21. The minimum atomic E-state index is -1.04. The molecule has 38 heavy (non-hydrogen) atoms. The summed E-state index contributed by atoms with van der Waals surface area (Å²) in [5.41, 5.74) is 2.30. The van der Waals surface area contributed by atoms with Crippen molar-refractivity contribution in [2.75, 3.05) is 19.6 Å². The first kappa shape index (κ1) is 25.4. The predicted octanol–water partition coefficient (Wildman–Crippen LogP) is 6.24. The first-order valence-corrected chi connectivity index (χ1v) is 12.7. The summed E-state index contributed by atoms with van der Waals surface area (Å²) in [6, 6.07) is 26.9. The molecule has 1 heterocycles. The van der Waals surface area contributed by atoms with Crippen molar-refractivity contribution in [2.24, 2.45) is 5.92 Å². The van der Waals surface area contributed by atoms with E-state index >= 15 is 0 Å². The molecule has 1 aliphatic rings. The summed E-state index contributed by atoms with van der Waals surface area (Å²) in [5, 5.41) is 15.1. The van der Waals surface area contributed by atoms with Crippen molar-refractivity contribution in [3.05, 3.63) is 114 Å². The maximum absolute atomic E-state index is 13.6. The molecular formula is C31H29FN2O4. The minimum Gasteiger partial charge on any atom is -0.478 e. The number of amides is 1. The molecule has 0 spiro atoms. The van der Waals surface area contributed by atoms with Gasteiger partial charge in [-0.05, 0) is 71.1 Å². The number of carbonyl (C=O) groups excluding carboxylic acids is 1. The Hall–Kier alpha value is -4.23. The lowest BCUT2D eigenvalue weighted by Gasteiger charge is -2.23. The summed E-state index contributed by atoms with van der Waals surface area (Å²) >= 11 is 0. The van der Waals surface area contributed by atoms with Gasteiger partial charge in [-0.2, -0.15) is 0 Å². The van der Waals surface area contributed by atoms with Gasteiger partial charge in [-0.25, -0.2) is 14.0 Å². The molecule has 1 saturated heterocycles. The molecule has 1 amide bonds. The molecule has 0 aliphatic carbocycles. The van der Waals surface area contributed by atoms with E-state index in [0.29, 0.717) is 19.6 Å². The maximum atomic E-state index is 13.6. The second-order valence-corrected chi connectivity index (χ2v) is 9.72. The van der Waals surface area contributed by atoms with Crippen LogP contribution in [0.1, 0.15) is 40.4 Å². The number of hydrogen-bond acceptors (Lipinski definition) is 4. The molecule has 0 saturated carbocycles. The number of likely N-dealkylation sites (tertiary alicyclic amines) is 1. The molecule has 7 heteroatoms. The molecule has 1 aliphatic heterocycles. The zero-order chi connectivity index (χ0) is 26.6. The largest absolute Gasteiger partial charge is 0.478 e. The van der Waals surface area contributed by atoms with Crippen molar-refractivity contribution >= 4 is 22.8 Å². The van der Waals surface area contributed by atoms with Gasteiger partial charge in [0, 0.05) is 31.6 Å². The molecule has 0 unspecified atom stereocenters. The Morgan fingerprint density at radius 2 is 1.68 bits per heavy atom. The van der Waals surface area contributed by atoms with Crippen LogP contribution in [0.25, 0.3) is 10.8 Å². The third-order valence-electron chi connectivity index (χ3n) is 7.28. The molecule has 0 bridgehead atoms. The highest BCUT2D eigenvalue weighted by atomic mass is 19.1. The molecule has 194 valence electrons. The summed E-state index contributed by atoms with van der Waals surface area (Å²) in [7, 11) is 0. The summed E-state index contributed by atoms with van der Waals surface area (Å²) in [6.45, 7) is 3.70. The highest BCUT2D eigenvalue weighted by Crippen LogP contribution is 2.34. The van der Waals surface area contributed by atoms with Crippen LogP contribution in [0.15, 0.2) is 91.0 Å². The number of rotatable bonds is 7. The van der Waals surface area contributed by atoms with Crippen molar-refractivity contribution in [3.8, 4) is 5.75 Å². The SMILES string of the molecule is C[C@@H](NC[C@@H]1CN(C(=O)Oc2ccc(C(=O)O)cc2)C[C@@H]1c1ccc(F)cc1)c1cccc2ccccc12. The number of carboxylic acid groups (broad SMARTS) is 1. The maximum Gasteiger partial charge on any atom is 0.415 e. The zero-order valence-electron chi connectivity index (χ0n) is 21.0. The zero-order valence-corrected chi connectivity index (χ0v) is 21.0. The second-order valence-electron chi connectivity index (χ2n) is 9.72. The lowest BCUT2D eigenvalue weighted by atomic mass is 9.88. The van der Waals surface area contributed by atoms with Gasteiger partial charge in [0.1, 0.15) is 11.6 Å². The Balaban J connectivity index is 1.31. The molecule has 0 radical (unpaired) electrons. The standard InChI is InChI=1S/C31H29FN2O4/c1-20(27-8-4-6-21-5-2-3-7-28(21)27)33-17-24-18-34(19-29(24)22-9-13-25(32)14-10-22)31(37)38-26-15-11-23(12-16-26)30(35)36/h2-16,20,24,29,33H,17-19H2,1H3,(H,35,36)/t20-,24-,29-/m1/s1. The van der Waals surface area contributed by atoms with E-state index in [4.69, 9.17) is 9.84 Å². The molecule has 0 aromatic heterocycles. The molecule has 3 atom stereocenters. The average Bonchev–Trinajstić information content (AvgIpc) is 3.36. The van der Waals surface area contributed by atoms with Gasteiger partial charge < -0.3 is 20.1 Å². The van der Waals surface area contributed by atoms with E-state index in [2.05, 4.69) is 42.6 Å². The van der Waals surface area contributed by atoms with E-state index in [-0.39, 0.29) is 35.0 Å². The third-order valence-corrected chi connectivity index (χ3v) is 7.28. The molecule has 6 nitrogen and oxygen atoms in total. The van der Waals surface area contributed by atoms with E-state index in [0.717, 1.165) is 5.56 Å². The number of nitrogens with zero attached hydrogens (tertiary/aromatic N) is 1. The van der Waals surface area contributed by atoms with Crippen LogP contribution in [0.3, 0.4) is 0 Å². The van der Waals surface area contributed by atoms with Crippen LogP contribution in [-0.2, 0) is 0 Å². The quantitative estimate of drug-likeness (QED) is 0.306. The predicted molar refractivity (Wildman–Crippen MR) is 144 cm³/mol. The fourth-order valence-corrected chi connectivity index (χ4v) is 5.21. The van der Waals surface area contributed by atoms with Crippen molar-refractivity contribution in [2.45, 2.75) is 18.9 Å². The highest BCUT2D eigenvalue weighted by molar-refractivity contribution is 5.88. The lowest BCUT2D eigenvalue weighted by Crippen LogP contribution is -2.33. The van der Waals surface area contributed by atoms with Crippen molar-refractivity contribution in [1.29, 1.82) is 0 Å². The third kappa shape index (κ3) is 5.53. The summed E-state index contributed by atoms with van der Waals surface area (Å²) in [6.07, 6.45) is -0.496. The Kier molecular flexibility index (Phi) is 7.38. The highest BCUT2D eigenvalue weighted by Gasteiger charge is 2.37. The van der Waals surface area contributed by atoms with Gasteiger partial charge in [0.25, 0.3) is 0 Å². The number of carbonyl (C=O) groups is 2. The van der Waals surface area contributed by atoms with E-state index < -0.39 is 12.1 Å². The number of fused-ring (bicyclic) bond motifs is 1. The number of aromatic carboxylic acids is 1. The summed E-state index contributed by atoms with van der Waals surface area (Å²) < 4.78 is 19.2. The van der Waals surface area contributed by atoms with Gasteiger partial charge in [0.15, 0.2) is 0 Å². The van der Waals surface area contributed by atoms with Crippen LogP contribution >= 0.6 is 0 Å². The van der Waals surface area contributed by atoms with Crippen LogP contribution in [0.5, 0.6) is 5.75 Å². The van der Waals surface area contributed by atoms with Crippen molar-refractivity contribution in [1.82, 2.24) is 10.2 Å². The van der Waals surface area contributed by atoms with Gasteiger partial charge in [-0.15, -0.1) is 0 Å². The Bertz CT molecular complexity index is 1430. The molecule has 4 aromatic rings. The van der Waals surface area contributed by atoms with Crippen LogP contribution in [-0.4, -0.2) is 41.7 Å². The van der Waals surface area contributed by atoms with Crippen molar-refractivity contribution in [3.63, 3.8) is 0 Å². The van der Waals surface area contributed by atoms with Gasteiger partial charge in [-0.1, -0.05) is 54.6 Å². The van der Waals surface area contributed by atoms with E-state index in [1.165, 1.54) is 52.7 Å². The molecule has 5 rings (SSSR count). The molecule has 2 N–H and O–H groups in total. The van der Waals surface area contributed by atoms with Gasteiger partial charge in [-0.3, -0.25) is 0 Å². The molecule has 1 fully saturated rings.